The van der Waals surface area contributed by atoms with Crippen molar-refractivity contribution in [1.29, 1.82) is 0 Å². The van der Waals surface area contributed by atoms with Crippen molar-refractivity contribution >= 4 is 45.0 Å². The first-order chi connectivity index (χ1) is 15.5. The first kappa shape index (κ1) is 24.9. The summed E-state index contributed by atoms with van der Waals surface area (Å²) in [6, 6.07) is 9.89. The van der Waals surface area contributed by atoms with E-state index in [0.717, 1.165) is 18.9 Å². The van der Waals surface area contributed by atoms with Crippen LogP contribution < -0.4 is 10.0 Å². The summed E-state index contributed by atoms with van der Waals surface area (Å²) in [6.07, 6.45) is 0.390. The number of esters is 1. The van der Waals surface area contributed by atoms with Gasteiger partial charge in [-0.1, -0.05) is 25.4 Å². The third kappa shape index (κ3) is 6.40. The first-order valence-corrected chi connectivity index (χ1v) is 12.3. The third-order valence-electron chi connectivity index (χ3n) is 4.97. The summed E-state index contributed by atoms with van der Waals surface area (Å²) in [5.74, 6) is -1.62. The molecular formula is C23H25ClN2O6S. The van der Waals surface area contributed by atoms with E-state index in [-0.39, 0.29) is 33.3 Å². The van der Waals surface area contributed by atoms with Crippen LogP contribution in [0, 0.1) is 5.92 Å². The zero-order chi connectivity index (χ0) is 24.3. The Balaban J connectivity index is 1.68. The molecule has 2 aromatic rings. The quantitative estimate of drug-likeness (QED) is 0.406. The number of benzene rings is 2. The Morgan fingerprint density at radius 3 is 2.18 bits per heavy atom. The summed E-state index contributed by atoms with van der Waals surface area (Å²) < 4.78 is 32.8. The number of hydrogen-bond donors (Lipinski definition) is 2. The second kappa shape index (κ2) is 10.0. The van der Waals surface area contributed by atoms with E-state index in [1.165, 1.54) is 31.2 Å². The molecule has 1 fully saturated rings. The number of halogens is 1. The van der Waals surface area contributed by atoms with E-state index in [4.69, 9.17) is 16.3 Å². The fourth-order valence-corrected chi connectivity index (χ4v) is 4.67. The Morgan fingerprint density at radius 2 is 1.61 bits per heavy atom. The normalized spacial score (nSPS) is 14.6. The molecule has 3 rings (SSSR count). The first-order valence-electron chi connectivity index (χ1n) is 10.5. The number of rotatable bonds is 9. The summed E-state index contributed by atoms with van der Waals surface area (Å²) >= 11 is 6.04. The van der Waals surface area contributed by atoms with Gasteiger partial charge in [-0.15, -0.1) is 0 Å². The summed E-state index contributed by atoms with van der Waals surface area (Å²) in [5, 5.41) is 2.71. The van der Waals surface area contributed by atoms with Gasteiger partial charge in [0.15, 0.2) is 6.10 Å². The molecule has 0 radical (unpaired) electrons. The lowest BCUT2D eigenvalue weighted by Gasteiger charge is -2.14. The standard InChI is InChI=1S/C23H25ClN2O6S/c1-13(2)22(28)25-17-7-4-15(5-8-17)21(27)14(3)32-23(29)16-6-11-19(24)20(12-16)33(30,31)26-18-9-10-18/h4-8,11-14,18,26H,9-10H2,1-3H3,(H,25,28)/t14-/m0/s1. The van der Waals surface area contributed by atoms with Crippen molar-refractivity contribution < 1.29 is 27.5 Å². The van der Waals surface area contributed by atoms with E-state index in [0.29, 0.717) is 11.3 Å². The molecule has 0 aliphatic heterocycles. The largest absolute Gasteiger partial charge is 0.451 e. The predicted molar refractivity (Wildman–Crippen MR) is 124 cm³/mol. The highest BCUT2D eigenvalue weighted by molar-refractivity contribution is 7.89. The van der Waals surface area contributed by atoms with Crippen LogP contribution in [0.25, 0.3) is 0 Å². The van der Waals surface area contributed by atoms with Crippen LogP contribution in [0.4, 0.5) is 5.69 Å². The van der Waals surface area contributed by atoms with E-state index in [9.17, 15) is 22.8 Å². The Hall–Kier alpha value is -2.75. The highest BCUT2D eigenvalue weighted by atomic mass is 35.5. The molecule has 0 bridgehead atoms. The van der Waals surface area contributed by atoms with E-state index in [1.807, 2.05) is 0 Å². The van der Waals surface area contributed by atoms with Crippen LogP contribution in [0.5, 0.6) is 0 Å². The minimum Gasteiger partial charge on any atom is -0.451 e. The van der Waals surface area contributed by atoms with Crippen LogP contribution in [0.15, 0.2) is 47.4 Å². The SMILES string of the molecule is CC(C)C(=O)Nc1ccc(C(=O)[C@H](C)OC(=O)c2ccc(Cl)c(S(=O)(=O)NC3CC3)c2)cc1. The molecule has 176 valence electrons. The van der Waals surface area contributed by atoms with E-state index < -0.39 is 27.9 Å². The van der Waals surface area contributed by atoms with Crippen molar-refractivity contribution in [2.24, 2.45) is 5.92 Å². The second-order valence-corrected chi connectivity index (χ2v) is 10.3. The van der Waals surface area contributed by atoms with Crippen LogP contribution in [-0.4, -0.2) is 38.2 Å². The molecule has 2 aromatic carbocycles. The van der Waals surface area contributed by atoms with E-state index in [1.54, 1.807) is 26.0 Å². The smallest absolute Gasteiger partial charge is 0.338 e. The fraction of sp³-hybridized carbons (Fsp3) is 0.348. The Labute approximate surface area is 197 Å². The van der Waals surface area contributed by atoms with Crippen LogP contribution >= 0.6 is 11.6 Å². The zero-order valence-electron chi connectivity index (χ0n) is 18.4. The minimum absolute atomic E-state index is 0.0199. The predicted octanol–water partition coefficient (Wildman–Crippen LogP) is 3.80. The molecule has 1 amide bonds. The highest BCUT2D eigenvalue weighted by Crippen LogP contribution is 2.27. The lowest BCUT2D eigenvalue weighted by atomic mass is 10.1. The number of anilines is 1. The molecule has 0 spiro atoms. The number of hydrogen-bond acceptors (Lipinski definition) is 6. The monoisotopic (exact) mass is 492 g/mol. The van der Waals surface area contributed by atoms with Crippen LogP contribution in [0.3, 0.4) is 0 Å². The van der Waals surface area contributed by atoms with Crippen molar-refractivity contribution in [1.82, 2.24) is 4.72 Å². The van der Waals surface area contributed by atoms with Gasteiger partial charge in [0, 0.05) is 23.2 Å². The van der Waals surface area contributed by atoms with Crippen molar-refractivity contribution in [2.45, 2.75) is 50.7 Å². The lowest BCUT2D eigenvalue weighted by molar-refractivity contribution is -0.118. The molecule has 1 aliphatic carbocycles. The van der Waals surface area contributed by atoms with Crippen LogP contribution in [0.1, 0.15) is 54.3 Å². The van der Waals surface area contributed by atoms with E-state index in [2.05, 4.69) is 10.0 Å². The summed E-state index contributed by atoms with van der Waals surface area (Å²) in [7, 11) is -3.88. The van der Waals surface area contributed by atoms with Crippen LogP contribution in [-0.2, 0) is 19.6 Å². The number of amides is 1. The Bertz CT molecular complexity index is 1170. The van der Waals surface area contributed by atoms with Gasteiger partial charge in [-0.3, -0.25) is 9.59 Å². The summed E-state index contributed by atoms with van der Waals surface area (Å²) in [5.41, 5.74) is 0.803. The number of nitrogens with one attached hydrogen (secondary N) is 2. The van der Waals surface area contributed by atoms with Crippen molar-refractivity contribution in [3.8, 4) is 0 Å². The van der Waals surface area contributed by atoms with Crippen LogP contribution in [0.2, 0.25) is 5.02 Å². The molecule has 0 saturated heterocycles. The number of carbonyl (C=O) groups excluding carboxylic acids is 3. The van der Waals surface area contributed by atoms with Gasteiger partial charge in [-0.25, -0.2) is 17.9 Å². The number of sulfonamides is 1. The molecule has 0 unspecified atom stereocenters. The topological polar surface area (TPSA) is 119 Å². The zero-order valence-corrected chi connectivity index (χ0v) is 20.0. The molecular weight excluding hydrogens is 468 g/mol. The molecule has 0 heterocycles. The maximum absolute atomic E-state index is 12.7. The highest BCUT2D eigenvalue weighted by Gasteiger charge is 2.30. The number of ether oxygens (including phenoxy) is 1. The number of Topliss-reactive ketones (excluding diaryl/α,β-unsaturated/α-hetero) is 1. The average Bonchev–Trinajstić information content (AvgIpc) is 3.57. The summed E-state index contributed by atoms with van der Waals surface area (Å²) in [4.78, 5) is 36.8. The molecule has 1 aliphatic rings. The maximum atomic E-state index is 12.7. The molecule has 10 heteroatoms. The maximum Gasteiger partial charge on any atom is 0.338 e. The van der Waals surface area contributed by atoms with Gasteiger partial charge >= 0.3 is 5.97 Å². The number of ketones is 1. The van der Waals surface area contributed by atoms with Crippen molar-refractivity contribution in [2.75, 3.05) is 5.32 Å². The van der Waals surface area contributed by atoms with Crippen molar-refractivity contribution in [3.63, 3.8) is 0 Å². The average molecular weight is 493 g/mol. The Morgan fingerprint density at radius 1 is 1.00 bits per heavy atom. The lowest BCUT2D eigenvalue weighted by Crippen LogP contribution is -2.27. The summed E-state index contributed by atoms with van der Waals surface area (Å²) in [6.45, 7) is 4.97. The van der Waals surface area contributed by atoms with Crippen molar-refractivity contribution in [3.05, 3.63) is 58.6 Å². The van der Waals surface area contributed by atoms with Gasteiger partial charge in [0.25, 0.3) is 0 Å². The molecule has 1 saturated carbocycles. The van der Waals surface area contributed by atoms with Gasteiger partial charge in [-0.2, -0.15) is 0 Å². The Kier molecular flexibility index (Phi) is 7.56. The number of carbonyl (C=O) groups is 3. The van der Waals surface area contributed by atoms with Gasteiger partial charge in [0.1, 0.15) is 4.90 Å². The second-order valence-electron chi connectivity index (χ2n) is 8.17. The van der Waals surface area contributed by atoms with Gasteiger partial charge in [0.05, 0.1) is 10.6 Å². The molecule has 33 heavy (non-hydrogen) atoms. The minimum atomic E-state index is -3.88. The third-order valence-corrected chi connectivity index (χ3v) is 6.97. The molecule has 0 aromatic heterocycles. The van der Waals surface area contributed by atoms with Gasteiger partial charge in [-0.05, 0) is 62.2 Å². The fourth-order valence-electron chi connectivity index (χ4n) is 2.84. The van der Waals surface area contributed by atoms with Gasteiger partial charge < -0.3 is 10.1 Å². The molecule has 2 N–H and O–H groups in total. The molecule has 8 nitrogen and oxygen atoms in total. The molecule has 1 atom stereocenters. The van der Waals surface area contributed by atoms with E-state index >= 15 is 0 Å². The van der Waals surface area contributed by atoms with Gasteiger partial charge in [0.2, 0.25) is 21.7 Å².